The highest BCUT2D eigenvalue weighted by Gasteiger charge is 2.25. The predicted molar refractivity (Wildman–Crippen MR) is 117 cm³/mol. The molecule has 0 radical (unpaired) electrons. The van der Waals surface area contributed by atoms with Gasteiger partial charge in [0.15, 0.2) is 5.82 Å². The van der Waals surface area contributed by atoms with Crippen molar-refractivity contribution in [2.75, 3.05) is 6.54 Å². The summed E-state index contributed by atoms with van der Waals surface area (Å²) in [6.45, 7) is 1.07. The molecule has 2 aliphatic rings. The fourth-order valence-electron chi connectivity index (χ4n) is 4.84. The van der Waals surface area contributed by atoms with Crippen LogP contribution in [0.15, 0.2) is 42.7 Å². The summed E-state index contributed by atoms with van der Waals surface area (Å²) >= 11 is 0. The second-order valence-corrected chi connectivity index (χ2v) is 8.45. The Hall–Kier alpha value is -2.33. The summed E-state index contributed by atoms with van der Waals surface area (Å²) in [6.07, 6.45) is 18.2. The molecule has 4 nitrogen and oxygen atoms in total. The van der Waals surface area contributed by atoms with Crippen LogP contribution in [0.5, 0.6) is 0 Å². The zero-order chi connectivity index (χ0) is 19.9. The van der Waals surface area contributed by atoms with Crippen molar-refractivity contribution in [1.82, 2.24) is 15.3 Å². The number of rotatable bonds is 7. The summed E-state index contributed by atoms with van der Waals surface area (Å²) in [7, 11) is 0. The van der Waals surface area contributed by atoms with Crippen LogP contribution in [0, 0.1) is 11.8 Å². The van der Waals surface area contributed by atoms with Crippen molar-refractivity contribution in [3.8, 4) is 11.4 Å². The molecule has 152 valence electrons. The van der Waals surface area contributed by atoms with Gasteiger partial charge >= 0.3 is 0 Å². The van der Waals surface area contributed by atoms with Crippen LogP contribution in [0.4, 0.5) is 0 Å². The van der Waals surface area contributed by atoms with Gasteiger partial charge in [0.05, 0.1) is 6.54 Å². The molecule has 1 heterocycles. The van der Waals surface area contributed by atoms with Crippen molar-refractivity contribution in [1.29, 1.82) is 0 Å². The lowest BCUT2D eigenvalue weighted by molar-refractivity contribution is -0.107. The van der Waals surface area contributed by atoms with E-state index in [1.807, 2.05) is 24.5 Å². The van der Waals surface area contributed by atoms with Crippen molar-refractivity contribution >= 4 is 11.9 Å². The maximum absolute atomic E-state index is 10.4. The number of carbonyl (C=O) groups is 1. The lowest BCUT2D eigenvalue weighted by atomic mass is 9.73. The quantitative estimate of drug-likeness (QED) is 0.523. The summed E-state index contributed by atoms with van der Waals surface area (Å²) < 4.78 is 0. The first-order chi connectivity index (χ1) is 14.3. The number of hydrogen-bond acceptors (Lipinski definition) is 4. The fourth-order valence-corrected chi connectivity index (χ4v) is 4.84. The van der Waals surface area contributed by atoms with E-state index in [9.17, 15) is 4.79 Å². The number of aldehydes is 1. The molecule has 4 heteroatoms. The SMILES string of the molecule is O=CCNCc1ccc(-c2ncc(C3=CCC(C4CCCCC4)CC3)cn2)cc1. The monoisotopic (exact) mass is 389 g/mol. The Morgan fingerprint density at radius 2 is 1.69 bits per heavy atom. The Balaban J connectivity index is 1.36. The van der Waals surface area contributed by atoms with Gasteiger partial charge in [-0.2, -0.15) is 0 Å². The Labute approximate surface area is 173 Å². The van der Waals surface area contributed by atoms with Gasteiger partial charge in [0.25, 0.3) is 0 Å². The number of benzene rings is 1. The highest BCUT2D eigenvalue weighted by molar-refractivity contribution is 5.66. The standard InChI is InChI=1S/C25H31N3O/c29-15-14-26-16-19-6-8-23(9-7-19)25-27-17-24(18-28-25)22-12-10-21(11-13-22)20-4-2-1-3-5-20/h6-9,12,15,17-18,20-21,26H,1-5,10-11,13-14,16H2. The van der Waals surface area contributed by atoms with Crippen LogP contribution >= 0.6 is 0 Å². The van der Waals surface area contributed by atoms with Crippen LogP contribution in [0.3, 0.4) is 0 Å². The van der Waals surface area contributed by atoms with Crippen LogP contribution < -0.4 is 5.32 Å². The molecule has 2 aliphatic carbocycles. The molecule has 1 fully saturated rings. The zero-order valence-electron chi connectivity index (χ0n) is 17.1. The van der Waals surface area contributed by atoms with Crippen molar-refractivity contribution in [3.63, 3.8) is 0 Å². The second-order valence-electron chi connectivity index (χ2n) is 8.45. The third-order valence-electron chi connectivity index (χ3n) is 6.56. The lowest BCUT2D eigenvalue weighted by Crippen LogP contribution is -2.19. The first-order valence-electron chi connectivity index (χ1n) is 11.1. The minimum Gasteiger partial charge on any atom is -0.306 e. The molecule has 1 saturated carbocycles. The Kier molecular flexibility index (Phi) is 6.83. The van der Waals surface area contributed by atoms with E-state index in [4.69, 9.17) is 0 Å². The molecular formula is C25H31N3O. The van der Waals surface area contributed by atoms with E-state index in [2.05, 4.69) is 33.5 Å². The molecular weight excluding hydrogens is 358 g/mol. The van der Waals surface area contributed by atoms with Gasteiger partial charge < -0.3 is 10.1 Å². The number of nitrogens with one attached hydrogen (secondary N) is 1. The maximum atomic E-state index is 10.4. The summed E-state index contributed by atoms with van der Waals surface area (Å²) in [6, 6.07) is 8.20. The molecule has 1 N–H and O–H groups in total. The van der Waals surface area contributed by atoms with Gasteiger partial charge in [-0.1, -0.05) is 62.4 Å². The Morgan fingerprint density at radius 1 is 0.931 bits per heavy atom. The average Bonchev–Trinajstić information content (AvgIpc) is 2.81. The van der Waals surface area contributed by atoms with Gasteiger partial charge in [-0.25, -0.2) is 9.97 Å². The molecule has 0 amide bonds. The molecule has 0 bridgehead atoms. The highest BCUT2D eigenvalue weighted by atomic mass is 16.1. The lowest BCUT2D eigenvalue weighted by Gasteiger charge is -2.32. The predicted octanol–water partition coefficient (Wildman–Crippen LogP) is 5.20. The van der Waals surface area contributed by atoms with Gasteiger partial charge in [0, 0.05) is 30.1 Å². The minimum absolute atomic E-state index is 0.379. The molecule has 0 spiro atoms. The highest BCUT2D eigenvalue weighted by Crippen LogP contribution is 2.39. The van der Waals surface area contributed by atoms with E-state index in [1.165, 1.54) is 56.1 Å². The van der Waals surface area contributed by atoms with E-state index in [0.29, 0.717) is 13.1 Å². The zero-order valence-corrected chi connectivity index (χ0v) is 17.1. The van der Waals surface area contributed by atoms with Gasteiger partial charge in [0.1, 0.15) is 6.29 Å². The summed E-state index contributed by atoms with van der Waals surface area (Å²) in [5.74, 6) is 2.60. The minimum atomic E-state index is 0.379. The van der Waals surface area contributed by atoms with Gasteiger partial charge in [0.2, 0.25) is 0 Å². The van der Waals surface area contributed by atoms with E-state index in [0.717, 1.165) is 41.5 Å². The van der Waals surface area contributed by atoms with Gasteiger partial charge in [-0.3, -0.25) is 0 Å². The van der Waals surface area contributed by atoms with Crippen molar-refractivity contribution in [2.45, 2.75) is 57.9 Å². The Morgan fingerprint density at radius 3 is 2.34 bits per heavy atom. The van der Waals surface area contributed by atoms with E-state index in [1.54, 1.807) is 0 Å². The van der Waals surface area contributed by atoms with Crippen LogP contribution in [0.2, 0.25) is 0 Å². The second kappa shape index (κ2) is 9.93. The average molecular weight is 390 g/mol. The van der Waals surface area contributed by atoms with Crippen LogP contribution in [0.1, 0.15) is 62.5 Å². The molecule has 1 atom stereocenters. The molecule has 0 saturated heterocycles. The number of aromatic nitrogens is 2. The molecule has 1 aromatic carbocycles. The van der Waals surface area contributed by atoms with Crippen molar-refractivity contribution in [2.24, 2.45) is 11.8 Å². The summed E-state index contributed by atoms with van der Waals surface area (Å²) in [5, 5.41) is 3.07. The first-order valence-corrected chi connectivity index (χ1v) is 11.1. The van der Waals surface area contributed by atoms with E-state index >= 15 is 0 Å². The number of carbonyl (C=O) groups excluding carboxylic acids is 1. The smallest absolute Gasteiger partial charge is 0.159 e. The van der Waals surface area contributed by atoms with Gasteiger partial charge in [-0.05, 0) is 42.2 Å². The van der Waals surface area contributed by atoms with E-state index in [-0.39, 0.29) is 0 Å². The number of allylic oxidation sites excluding steroid dienone is 2. The fraction of sp³-hybridized carbons (Fsp3) is 0.480. The summed E-state index contributed by atoms with van der Waals surface area (Å²) in [4.78, 5) is 19.6. The number of nitrogens with zero attached hydrogens (tertiary/aromatic N) is 2. The van der Waals surface area contributed by atoms with Crippen molar-refractivity contribution in [3.05, 3.63) is 53.9 Å². The van der Waals surface area contributed by atoms with Crippen LogP contribution in [-0.2, 0) is 11.3 Å². The third kappa shape index (κ3) is 5.18. The maximum Gasteiger partial charge on any atom is 0.159 e. The molecule has 0 aliphatic heterocycles. The largest absolute Gasteiger partial charge is 0.306 e. The molecule has 1 aromatic heterocycles. The third-order valence-corrected chi connectivity index (χ3v) is 6.56. The molecule has 29 heavy (non-hydrogen) atoms. The summed E-state index contributed by atoms with van der Waals surface area (Å²) in [5.41, 5.74) is 4.75. The molecule has 4 rings (SSSR count). The number of hydrogen-bond donors (Lipinski definition) is 1. The first kappa shape index (κ1) is 20.0. The van der Waals surface area contributed by atoms with Crippen LogP contribution in [-0.4, -0.2) is 22.8 Å². The molecule has 1 unspecified atom stereocenters. The molecule has 2 aromatic rings. The van der Waals surface area contributed by atoms with Crippen molar-refractivity contribution < 1.29 is 4.79 Å². The van der Waals surface area contributed by atoms with E-state index < -0.39 is 0 Å². The Bertz CT molecular complexity index is 820. The van der Waals surface area contributed by atoms with Crippen LogP contribution in [0.25, 0.3) is 17.0 Å². The van der Waals surface area contributed by atoms with Gasteiger partial charge in [-0.15, -0.1) is 0 Å². The topological polar surface area (TPSA) is 54.9 Å². The normalized spacial score (nSPS) is 20.3.